The zero-order valence-electron chi connectivity index (χ0n) is 20.7. The molecule has 1 atom stereocenters. The lowest BCUT2D eigenvalue weighted by Gasteiger charge is -2.23. The van der Waals surface area contributed by atoms with E-state index in [0.29, 0.717) is 22.9 Å². The van der Waals surface area contributed by atoms with E-state index in [9.17, 15) is 14.4 Å². The molecule has 0 saturated carbocycles. The van der Waals surface area contributed by atoms with Crippen LogP contribution in [0, 0.1) is 6.92 Å². The number of H-pyrrole nitrogens is 1. The highest BCUT2D eigenvalue weighted by molar-refractivity contribution is 7.08. The molecule has 37 heavy (non-hydrogen) atoms. The first-order chi connectivity index (χ1) is 17.8. The van der Waals surface area contributed by atoms with Crippen molar-refractivity contribution in [1.82, 2.24) is 25.4 Å². The summed E-state index contributed by atoms with van der Waals surface area (Å²) < 4.78 is 10.7. The van der Waals surface area contributed by atoms with Gasteiger partial charge in [-0.05, 0) is 43.3 Å². The summed E-state index contributed by atoms with van der Waals surface area (Å²) in [5, 5.41) is 10.8. The Morgan fingerprint density at radius 2 is 1.92 bits per heavy atom. The number of aromatic amines is 1. The largest absolute Gasteiger partial charge is 0.489 e. The minimum Gasteiger partial charge on any atom is -0.489 e. The molecule has 4 aromatic rings. The maximum Gasteiger partial charge on any atom is 0.409 e. The quantitative estimate of drug-likeness (QED) is 0.346. The number of pyridine rings is 1. The highest BCUT2D eigenvalue weighted by atomic mass is 32.1. The van der Waals surface area contributed by atoms with Gasteiger partial charge in [0.15, 0.2) is 0 Å². The normalized spacial score (nSPS) is 11.6. The van der Waals surface area contributed by atoms with Gasteiger partial charge in [0, 0.05) is 42.2 Å². The second kappa shape index (κ2) is 11.7. The maximum atomic E-state index is 13.0. The Labute approximate surface area is 217 Å². The zero-order chi connectivity index (χ0) is 26.4. The van der Waals surface area contributed by atoms with Gasteiger partial charge < -0.3 is 19.7 Å². The van der Waals surface area contributed by atoms with Crippen LogP contribution < -0.4 is 14.9 Å². The van der Waals surface area contributed by atoms with Crippen molar-refractivity contribution in [2.75, 3.05) is 20.7 Å². The molecule has 1 unspecified atom stereocenters. The lowest BCUT2D eigenvalue weighted by Crippen LogP contribution is -2.45. The number of ether oxygens (including phenoxy) is 2. The molecule has 0 fully saturated rings. The molecule has 0 saturated heterocycles. The monoisotopic (exact) mass is 521 g/mol. The van der Waals surface area contributed by atoms with Crippen molar-refractivity contribution in [1.29, 1.82) is 0 Å². The van der Waals surface area contributed by atoms with Gasteiger partial charge in [-0.15, -0.1) is 0 Å². The molecule has 2 aromatic heterocycles. The number of carbonyl (C=O) groups is 2. The Morgan fingerprint density at radius 1 is 1.16 bits per heavy atom. The van der Waals surface area contributed by atoms with E-state index in [1.807, 2.05) is 37.3 Å². The van der Waals surface area contributed by atoms with Crippen LogP contribution in [0.15, 0.2) is 59.4 Å². The topological polar surface area (TPSA) is 127 Å². The number of methoxy groups -OCH3 is 1. The first-order valence-electron chi connectivity index (χ1n) is 11.5. The van der Waals surface area contributed by atoms with Crippen molar-refractivity contribution < 1.29 is 19.1 Å². The van der Waals surface area contributed by atoms with Crippen molar-refractivity contribution in [3.8, 4) is 5.75 Å². The zero-order valence-corrected chi connectivity index (χ0v) is 21.5. The highest BCUT2D eigenvalue weighted by Crippen LogP contribution is 2.21. The average molecular weight is 522 g/mol. The summed E-state index contributed by atoms with van der Waals surface area (Å²) in [6, 6.07) is 16.3. The molecule has 2 amide bonds. The number of para-hydroxylation sites is 1. The van der Waals surface area contributed by atoms with E-state index < -0.39 is 12.1 Å². The molecule has 0 aliphatic carbocycles. The molecule has 0 spiro atoms. The SMILES string of the molecule is COC(=O)N(C)CC(Cc1n[nH]c(=O)s1)NC(=O)c1ccc(OCc2cc(C)nc3ccccc23)cc1. The molecular weight excluding hydrogens is 494 g/mol. The minimum atomic E-state index is -0.534. The van der Waals surface area contributed by atoms with E-state index in [1.165, 1.54) is 12.0 Å². The van der Waals surface area contributed by atoms with Crippen LogP contribution >= 0.6 is 11.3 Å². The average Bonchev–Trinajstić information content (AvgIpc) is 3.30. The molecule has 11 heteroatoms. The molecular formula is C26H27N5O5S. The van der Waals surface area contributed by atoms with Crippen LogP contribution in [-0.4, -0.2) is 58.8 Å². The number of hydrogen-bond acceptors (Lipinski definition) is 8. The third kappa shape index (κ3) is 6.70. The summed E-state index contributed by atoms with van der Waals surface area (Å²) in [4.78, 5) is 41.9. The number of fused-ring (bicyclic) bond motifs is 1. The Morgan fingerprint density at radius 3 is 2.62 bits per heavy atom. The summed E-state index contributed by atoms with van der Waals surface area (Å²) in [5.41, 5.74) is 3.29. The van der Waals surface area contributed by atoms with Crippen LogP contribution in [0.4, 0.5) is 4.79 Å². The number of hydrogen-bond donors (Lipinski definition) is 2. The van der Waals surface area contributed by atoms with E-state index >= 15 is 0 Å². The fourth-order valence-electron chi connectivity index (χ4n) is 3.93. The third-order valence-corrected chi connectivity index (χ3v) is 6.43. The van der Waals surface area contributed by atoms with Gasteiger partial charge in [-0.2, -0.15) is 5.10 Å². The summed E-state index contributed by atoms with van der Waals surface area (Å²) in [5.74, 6) is 0.298. The summed E-state index contributed by atoms with van der Waals surface area (Å²) in [6.45, 7) is 2.49. The molecule has 4 rings (SSSR count). The molecule has 0 aliphatic rings. The van der Waals surface area contributed by atoms with Gasteiger partial charge in [0.25, 0.3) is 5.91 Å². The smallest absolute Gasteiger partial charge is 0.409 e. The molecule has 10 nitrogen and oxygen atoms in total. The van der Waals surface area contributed by atoms with Crippen LogP contribution in [0.2, 0.25) is 0 Å². The Hall–Kier alpha value is -4.25. The van der Waals surface area contributed by atoms with Gasteiger partial charge in [-0.1, -0.05) is 29.5 Å². The summed E-state index contributed by atoms with van der Waals surface area (Å²) in [6.07, 6.45) is -0.259. The van der Waals surface area contributed by atoms with Crippen molar-refractivity contribution >= 4 is 34.2 Å². The fourth-order valence-corrected chi connectivity index (χ4v) is 4.61. The van der Waals surface area contributed by atoms with Crippen molar-refractivity contribution in [3.63, 3.8) is 0 Å². The predicted octanol–water partition coefficient (Wildman–Crippen LogP) is 3.31. The summed E-state index contributed by atoms with van der Waals surface area (Å²) >= 11 is 0.958. The Kier molecular flexibility index (Phi) is 8.14. The van der Waals surface area contributed by atoms with Crippen LogP contribution in [0.5, 0.6) is 5.75 Å². The predicted molar refractivity (Wildman–Crippen MR) is 140 cm³/mol. The number of amides is 2. The molecule has 0 bridgehead atoms. The lowest BCUT2D eigenvalue weighted by molar-refractivity contribution is 0.0916. The van der Waals surface area contributed by atoms with Crippen LogP contribution in [0.3, 0.4) is 0 Å². The number of rotatable bonds is 9. The van der Waals surface area contributed by atoms with E-state index in [-0.39, 0.29) is 23.7 Å². The first kappa shape index (κ1) is 25.8. The molecule has 0 aliphatic heterocycles. The van der Waals surface area contributed by atoms with E-state index in [4.69, 9.17) is 9.47 Å². The number of benzene rings is 2. The Balaban J connectivity index is 1.42. The first-order valence-corrected chi connectivity index (χ1v) is 12.4. The van der Waals surface area contributed by atoms with Crippen molar-refractivity contribution in [2.45, 2.75) is 26.0 Å². The third-order valence-electron chi connectivity index (χ3n) is 5.66. The van der Waals surface area contributed by atoms with Gasteiger partial charge in [0.05, 0.1) is 18.7 Å². The lowest BCUT2D eigenvalue weighted by atomic mass is 10.1. The molecule has 192 valence electrons. The van der Waals surface area contributed by atoms with Crippen LogP contribution in [0.25, 0.3) is 10.9 Å². The Bertz CT molecular complexity index is 1450. The molecule has 2 N–H and O–H groups in total. The fraction of sp³-hybridized carbons (Fsp3) is 0.269. The minimum absolute atomic E-state index is 0.173. The second-order valence-electron chi connectivity index (χ2n) is 8.48. The number of carbonyl (C=O) groups excluding carboxylic acids is 2. The highest BCUT2D eigenvalue weighted by Gasteiger charge is 2.21. The van der Waals surface area contributed by atoms with Gasteiger partial charge in [0.1, 0.15) is 17.4 Å². The molecule has 2 heterocycles. The van der Waals surface area contributed by atoms with E-state index in [2.05, 4.69) is 20.5 Å². The maximum absolute atomic E-state index is 13.0. The number of nitrogens with one attached hydrogen (secondary N) is 2. The summed E-state index contributed by atoms with van der Waals surface area (Å²) in [7, 11) is 2.85. The van der Waals surface area contributed by atoms with E-state index in [0.717, 1.165) is 33.5 Å². The number of nitrogens with zero attached hydrogens (tertiary/aromatic N) is 3. The van der Waals surface area contributed by atoms with Crippen LogP contribution in [0.1, 0.15) is 26.6 Å². The number of aromatic nitrogens is 3. The second-order valence-corrected chi connectivity index (χ2v) is 9.53. The van der Waals surface area contributed by atoms with Gasteiger partial charge >= 0.3 is 11.0 Å². The van der Waals surface area contributed by atoms with Gasteiger partial charge in [-0.3, -0.25) is 14.6 Å². The van der Waals surface area contributed by atoms with Crippen molar-refractivity contribution in [3.05, 3.63) is 86.1 Å². The van der Waals surface area contributed by atoms with E-state index in [1.54, 1.807) is 31.3 Å². The van der Waals surface area contributed by atoms with Gasteiger partial charge in [0.2, 0.25) is 0 Å². The molecule has 2 aromatic carbocycles. The number of likely N-dealkylation sites (N-methyl/N-ethyl adjacent to an activating group) is 1. The van der Waals surface area contributed by atoms with Gasteiger partial charge in [-0.25, -0.2) is 9.89 Å². The standard InChI is InChI=1S/C26H27N5O5S/c1-16-12-18(21-6-4-5-7-22(21)27-16)15-36-20-10-8-17(9-11-20)24(32)28-19(14-31(2)26(34)35-3)13-23-29-30-25(33)37-23/h4-12,19H,13-15H2,1-3H3,(H,28,32)(H,30,33). The van der Waals surface area contributed by atoms with Crippen LogP contribution in [-0.2, 0) is 17.8 Å². The number of aryl methyl sites for hydroxylation is 1. The molecule has 0 radical (unpaired) electrons. The van der Waals surface area contributed by atoms with Crippen molar-refractivity contribution in [2.24, 2.45) is 0 Å².